The average molecular weight is 318 g/mol. The molecule has 1 saturated carbocycles. The molecule has 21 heavy (non-hydrogen) atoms. The first kappa shape index (κ1) is 17.0. The molecule has 6 heteroatoms. The Bertz CT molecular complexity index is 361. The van der Waals surface area contributed by atoms with Gasteiger partial charge in [-0.2, -0.15) is 0 Å². The van der Waals surface area contributed by atoms with Crippen molar-refractivity contribution in [3.8, 4) is 0 Å². The van der Waals surface area contributed by atoms with Gasteiger partial charge in [0, 0.05) is 39.3 Å². The fourth-order valence-corrected chi connectivity index (χ4v) is 4.30. The Morgan fingerprint density at radius 2 is 2.00 bits per heavy atom. The number of aliphatic hydroxyl groups is 1. The van der Waals surface area contributed by atoms with E-state index >= 15 is 0 Å². The predicted octanol–water partition coefficient (Wildman–Crippen LogP) is 0.325. The summed E-state index contributed by atoms with van der Waals surface area (Å²) in [6, 6.07) is 0. The number of carbonyl (C=O) groups excluding carboxylic acids is 1. The number of halogens is 1. The van der Waals surface area contributed by atoms with Crippen LogP contribution in [0.5, 0.6) is 0 Å². The Labute approximate surface area is 133 Å². The van der Waals surface area contributed by atoms with Gasteiger partial charge in [0.25, 0.3) is 0 Å². The Balaban J connectivity index is 0.00000161. The first-order chi connectivity index (χ1) is 9.76. The Kier molecular flexibility index (Phi) is 5.88. The molecule has 2 heterocycles. The van der Waals surface area contributed by atoms with Crippen LogP contribution in [0.15, 0.2) is 0 Å². The normalized spacial score (nSPS) is 33.4. The van der Waals surface area contributed by atoms with Crippen LogP contribution in [-0.4, -0.2) is 73.2 Å². The van der Waals surface area contributed by atoms with E-state index in [4.69, 9.17) is 5.11 Å². The van der Waals surface area contributed by atoms with Crippen LogP contribution in [0.4, 0.5) is 0 Å². The number of nitrogens with one attached hydrogen (secondary N) is 1. The monoisotopic (exact) mass is 317 g/mol. The van der Waals surface area contributed by atoms with Gasteiger partial charge in [0.15, 0.2) is 0 Å². The molecule has 0 aromatic heterocycles. The highest BCUT2D eigenvalue weighted by atomic mass is 35.5. The maximum atomic E-state index is 13.0. The Hall–Kier alpha value is -0.360. The molecule has 0 unspecified atom stereocenters. The van der Waals surface area contributed by atoms with Crippen molar-refractivity contribution in [2.45, 2.75) is 25.7 Å². The highest BCUT2D eigenvalue weighted by Crippen LogP contribution is 2.45. The summed E-state index contributed by atoms with van der Waals surface area (Å²) in [5.74, 6) is 0.954. The maximum Gasteiger partial charge on any atom is 0.230 e. The molecule has 0 aromatic carbocycles. The van der Waals surface area contributed by atoms with Gasteiger partial charge in [0.05, 0.1) is 12.0 Å². The molecule has 2 saturated heterocycles. The number of β-amino-alcohol motifs (C(OH)–C–C–N with tert-alkyl or cyclic N) is 1. The van der Waals surface area contributed by atoms with E-state index in [1.165, 1.54) is 19.3 Å². The number of piperazine rings is 1. The molecule has 122 valence electrons. The zero-order valence-corrected chi connectivity index (χ0v) is 13.5. The molecule has 2 atom stereocenters. The standard InChI is InChI=1S/C15H27N3O2.ClH/c19-10-9-17-5-7-18(8-6-17)14(20)15-4-2-1-3-13(15)11-16-12-15;/h13,16,19H,1-12H2;1H/t13-,15+;/m0./s1. The van der Waals surface area contributed by atoms with Gasteiger partial charge >= 0.3 is 0 Å². The maximum absolute atomic E-state index is 13.0. The van der Waals surface area contributed by atoms with E-state index in [-0.39, 0.29) is 24.4 Å². The van der Waals surface area contributed by atoms with Gasteiger partial charge in [-0.05, 0) is 25.3 Å². The largest absolute Gasteiger partial charge is 0.395 e. The molecule has 1 amide bonds. The van der Waals surface area contributed by atoms with Gasteiger partial charge in [-0.25, -0.2) is 0 Å². The van der Waals surface area contributed by atoms with Gasteiger partial charge < -0.3 is 15.3 Å². The van der Waals surface area contributed by atoms with E-state index in [0.717, 1.165) is 52.2 Å². The molecule has 3 rings (SSSR count). The van der Waals surface area contributed by atoms with Crippen LogP contribution in [0, 0.1) is 11.3 Å². The number of nitrogens with zero attached hydrogens (tertiary/aromatic N) is 2. The molecular formula is C15H28ClN3O2. The SMILES string of the molecule is Cl.O=C(N1CCN(CCO)CC1)[C@@]12CCCC[C@H]1CNC2. The van der Waals surface area contributed by atoms with E-state index in [0.29, 0.717) is 11.8 Å². The Morgan fingerprint density at radius 3 is 2.71 bits per heavy atom. The third-order valence-corrected chi connectivity index (χ3v) is 5.54. The lowest BCUT2D eigenvalue weighted by atomic mass is 9.67. The highest BCUT2D eigenvalue weighted by molar-refractivity contribution is 5.85. The number of rotatable bonds is 3. The summed E-state index contributed by atoms with van der Waals surface area (Å²) in [5, 5.41) is 12.5. The van der Waals surface area contributed by atoms with E-state index < -0.39 is 0 Å². The quantitative estimate of drug-likeness (QED) is 0.787. The number of hydrogen-bond acceptors (Lipinski definition) is 4. The topological polar surface area (TPSA) is 55.8 Å². The summed E-state index contributed by atoms with van der Waals surface area (Å²) in [7, 11) is 0. The van der Waals surface area contributed by atoms with Crippen LogP contribution in [0.2, 0.25) is 0 Å². The summed E-state index contributed by atoms with van der Waals surface area (Å²) in [4.78, 5) is 17.4. The van der Waals surface area contributed by atoms with Crippen molar-refractivity contribution < 1.29 is 9.90 Å². The lowest BCUT2D eigenvalue weighted by molar-refractivity contribution is -0.147. The van der Waals surface area contributed by atoms with Crippen LogP contribution in [0.1, 0.15) is 25.7 Å². The van der Waals surface area contributed by atoms with E-state index in [1.54, 1.807) is 0 Å². The minimum absolute atomic E-state index is 0. The number of aliphatic hydroxyl groups excluding tert-OH is 1. The van der Waals surface area contributed by atoms with Crippen molar-refractivity contribution in [3.63, 3.8) is 0 Å². The van der Waals surface area contributed by atoms with Crippen molar-refractivity contribution in [1.82, 2.24) is 15.1 Å². The van der Waals surface area contributed by atoms with Gasteiger partial charge in [0.1, 0.15) is 0 Å². The second kappa shape index (κ2) is 7.27. The summed E-state index contributed by atoms with van der Waals surface area (Å²) >= 11 is 0. The van der Waals surface area contributed by atoms with Gasteiger partial charge in [-0.3, -0.25) is 9.69 Å². The average Bonchev–Trinajstić information content (AvgIpc) is 2.92. The molecule has 0 spiro atoms. The van der Waals surface area contributed by atoms with Crippen LogP contribution in [0.25, 0.3) is 0 Å². The first-order valence-corrected chi connectivity index (χ1v) is 8.09. The minimum Gasteiger partial charge on any atom is -0.395 e. The molecule has 0 bridgehead atoms. The van der Waals surface area contributed by atoms with E-state index in [9.17, 15) is 4.79 Å². The molecule has 3 aliphatic rings. The third-order valence-electron chi connectivity index (χ3n) is 5.54. The van der Waals surface area contributed by atoms with Crippen molar-refractivity contribution in [2.75, 3.05) is 52.4 Å². The lowest BCUT2D eigenvalue weighted by Crippen LogP contribution is -2.56. The minimum atomic E-state index is -0.0998. The summed E-state index contributed by atoms with van der Waals surface area (Å²) in [5.41, 5.74) is -0.0998. The van der Waals surface area contributed by atoms with Crippen molar-refractivity contribution in [3.05, 3.63) is 0 Å². The molecule has 1 aliphatic carbocycles. The lowest BCUT2D eigenvalue weighted by Gasteiger charge is -2.43. The summed E-state index contributed by atoms with van der Waals surface area (Å²) in [6.45, 7) is 6.31. The van der Waals surface area contributed by atoms with Crippen LogP contribution in [-0.2, 0) is 4.79 Å². The number of amides is 1. The fraction of sp³-hybridized carbons (Fsp3) is 0.933. The van der Waals surface area contributed by atoms with Gasteiger partial charge in [0.2, 0.25) is 5.91 Å². The Morgan fingerprint density at radius 1 is 1.24 bits per heavy atom. The van der Waals surface area contributed by atoms with Crippen LogP contribution < -0.4 is 5.32 Å². The van der Waals surface area contributed by atoms with Gasteiger partial charge in [-0.1, -0.05) is 12.8 Å². The molecule has 0 radical (unpaired) electrons. The number of hydrogen-bond donors (Lipinski definition) is 2. The third kappa shape index (κ3) is 3.21. The zero-order chi connectivity index (χ0) is 14.0. The van der Waals surface area contributed by atoms with Crippen LogP contribution in [0.3, 0.4) is 0 Å². The second-order valence-corrected chi connectivity index (χ2v) is 6.59. The second-order valence-electron chi connectivity index (χ2n) is 6.59. The molecule has 0 aromatic rings. The molecular weight excluding hydrogens is 290 g/mol. The predicted molar refractivity (Wildman–Crippen MR) is 84.6 cm³/mol. The van der Waals surface area contributed by atoms with Crippen LogP contribution >= 0.6 is 12.4 Å². The highest BCUT2D eigenvalue weighted by Gasteiger charge is 2.51. The van der Waals surface area contributed by atoms with Gasteiger partial charge in [-0.15, -0.1) is 12.4 Å². The zero-order valence-electron chi connectivity index (χ0n) is 12.7. The molecule has 2 N–H and O–H groups in total. The summed E-state index contributed by atoms with van der Waals surface area (Å²) < 4.78 is 0. The smallest absolute Gasteiger partial charge is 0.230 e. The number of fused-ring (bicyclic) bond motifs is 1. The first-order valence-electron chi connectivity index (χ1n) is 8.09. The molecule has 2 aliphatic heterocycles. The van der Waals surface area contributed by atoms with Crippen molar-refractivity contribution >= 4 is 18.3 Å². The van der Waals surface area contributed by atoms with E-state index in [2.05, 4.69) is 15.1 Å². The molecule has 5 nitrogen and oxygen atoms in total. The number of carbonyl (C=O) groups is 1. The van der Waals surface area contributed by atoms with Crippen molar-refractivity contribution in [2.24, 2.45) is 11.3 Å². The summed E-state index contributed by atoms with van der Waals surface area (Å²) in [6.07, 6.45) is 4.77. The van der Waals surface area contributed by atoms with Crippen molar-refractivity contribution in [1.29, 1.82) is 0 Å². The van der Waals surface area contributed by atoms with E-state index in [1.807, 2.05) is 0 Å². The molecule has 3 fully saturated rings. The fourth-order valence-electron chi connectivity index (χ4n) is 4.30.